The van der Waals surface area contributed by atoms with E-state index in [2.05, 4.69) is 15.3 Å². The molecule has 0 radical (unpaired) electrons. The van der Waals surface area contributed by atoms with Crippen LogP contribution in [0.1, 0.15) is 15.4 Å². The molecule has 0 bridgehead atoms. The number of benzene rings is 1. The molecule has 0 saturated heterocycles. The van der Waals surface area contributed by atoms with Crippen molar-refractivity contribution in [1.82, 2.24) is 14.5 Å². The van der Waals surface area contributed by atoms with E-state index in [0.717, 1.165) is 23.5 Å². The zero-order valence-electron chi connectivity index (χ0n) is 11.4. The molecule has 0 aliphatic carbocycles. The van der Waals surface area contributed by atoms with E-state index in [9.17, 15) is 18.0 Å². The van der Waals surface area contributed by atoms with Gasteiger partial charge in [-0.2, -0.15) is 13.2 Å². The van der Waals surface area contributed by atoms with Gasteiger partial charge in [-0.05, 0) is 18.2 Å². The first-order chi connectivity index (χ1) is 10.9. The normalized spacial score (nSPS) is 11.4. The lowest BCUT2D eigenvalue weighted by Crippen LogP contribution is -2.15. The fraction of sp³-hybridized carbons (Fsp3) is 0.0714. The number of aromatic nitrogens is 3. The quantitative estimate of drug-likeness (QED) is 0.794. The molecule has 2 aromatic heterocycles. The Morgan fingerprint density at radius 1 is 1.26 bits per heavy atom. The molecule has 0 unspecified atom stereocenters. The molecule has 1 N–H and O–H groups in total. The van der Waals surface area contributed by atoms with Gasteiger partial charge in [0.2, 0.25) is 0 Å². The van der Waals surface area contributed by atoms with Crippen LogP contribution in [0, 0.1) is 0 Å². The molecule has 1 amide bonds. The minimum absolute atomic E-state index is 0.0259. The Morgan fingerprint density at radius 2 is 2.09 bits per heavy atom. The van der Waals surface area contributed by atoms with Crippen LogP contribution in [-0.2, 0) is 6.18 Å². The Bertz CT molecular complexity index is 813. The maximum atomic E-state index is 12.9. The Labute approximate surface area is 132 Å². The van der Waals surface area contributed by atoms with Crippen LogP contribution in [0.25, 0.3) is 5.69 Å². The van der Waals surface area contributed by atoms with E-state index in [-0.39, 0.29) is 10.7 Å². The van der Waals surface area contributed by atoms with E-state index < -0.39 is 17.6 Å². The van der Waals surface area contributed by atoms with Gasteiger partial charge >= 0.3 is 6.18 Å². The van der Waals surface area contributed by atoms with Gasteiger partial charge in [-0.25, -0.2) is 9.97 Å². The van der Waals surface area contributed by atoms with Gasteiger partial charge in [0.25, 0.3) is 5.91 Å². The lowest BCUT2D eigenvalue weighted by Gasteiger charge is -2.14. The second-order valence-electron chi connectivity index (χ2n) is 4.49. The lowest BCUT2D eigenvalue weighted by atomic mass is 10.1. The SMILES string of the molecule is O=C(Nc1cc(C(F)(F)F)ccc1-n1ccnc1)c1nccs1. The smallest absolute Gasteiger partial charge is 0.318 e. The molecule has 118 valence electrons. The van der Waals surface area contributed by atoms with Gasteiger partial charge in [-0.3, -0.25) is 4.79 Å². The number of carbonyl (C=O) groups excluding carboxylic acids is 1. The van der Waals surface area contributed by atoms with E-state index >= 15 is 0 Å². The minimum Gasteiger partial charge on any atom is -0.318 e. The molecule has 3 aromatic rings. The van der Waals surface area contributed by atoms with E-state index in [0.29, 0.717) is 5.69 Å². The second-order valence-corrected chi connectivity index (χ2v) is 5.39. The fourth-order valence-electron chi connectivity index (χ4n) is 1.95. The monoisotopic (exact) mass is 338 g/mol. The summed E-state index contributed by atoms with van der Waals surface area (Å²) in [6.45, 7) is 0. The number of hydrogen-bond acceptors (Lipinski definition) is 4. The molecule has 5 nitrogen and oxygen atoms in total. The number of thiazole rings is 1. The third-order valence-electron chi connectivity index (χ3n) is 2.98. The Kier molecular flexibility index (Phi) is 3.87. The molecule has 0 aliphatic heterocycles. The molecular formula is C14H9F3N4OS. The van der Waals surface area contributed by atoms with Crippen LogP contribution in [0.4, 0.5) is 18.9 Å². The van der Waals surface area contributed by atoms with Gasteiger partial charge in [0.1, 0.15) is 0 Å². The van der Waals surface area contributed by atoms with Crippen molar-refractivity contribution in [2.75, 3.05) is 5.32 Å². The van der Waals surface area contributed by atoms with Crippen molar-refractivity contribution < 1.29 is 18.0 Å². The number of alkyl halides is 3. The molecule has 2 heterocycles. The number of halogens is 3. The maximum absolute atomic E-state index is 12.9. The zero-order valence-corrected chi connectivity index (χ0v) is 12.2. The van der Waals surface area contributed by atoms with Crippen LogP contribution < -0.4 is 5.32 Å². The topological polar surface area (TPSA) is 59.8 Å². The van der Waals surface area contributed by atoms with Gasteiger partial charge in [-0.1, -0.05) is 0 Å². The molecule has 3 rings (SSSR count). The average molecular weight is 338 g/mol. The lowest BCUT2D eigenvalue weighted by molar-refractivity contribution is -0.137. The predicted molar refractivity (Wildman–Crippen MR) is 78.6 cm³/mol. The summed E-state index contributed by atoms with van der Waals surface area (Å²) in [5.41, 5.74) is -0.450. The highest BCUT2D eigenvalue weighted by Gasteiger charge is 2.31. The van der Waals surface area contributed by atoms with Gasteiger partial charge < -0.3 is 9.88 Å². The second kappa shape index (κ2) is 5.84. The van der Waals surface area contributed by atoms with E-state index in [1.807, 2.05) is 0 Å². The molecular weight excluding hydrogens is 329 g/mol. The first-order valence-electron chi connectivity index (χ1n) is 6.35. The molecule has 9 heteroatoms. The summed E-state index contributed by atoms with van der Waals surface area (Å²) in [6.07, 6.45) is 1.43. The molecule has 0 spiro atoms. The highest BCUT2D eigenvalue weighted by molar-refractivity contribution is 7.11. The molecule has 0 saturated carbocycles. The van der Waals surface area contributed by atoms with E-state index in [1.165, 1.54) is 29.4 Å². The van der Waals surface area contributed by atoms with Crippen LogP contribution >= 0.6 is 11.3 Å². The summed E-state index contributed by atoms with van der Waals surface area (Å²) in [5, 5.41) is 4.25. The molecule has 23 heavy (non-hydrogen) atoms. The van der Waals surface area contributed by atoms with Crippen LogP contribution in [0.5, 0.6) is 0 Å². The highest BCUT2D eigenvalue weighted by atomic mass is 32.1. The zero-order chi connectivity index (χ0) is 16.4. The van der Waals surface area contributed by atoms with Gasteiger partial charge in [-0.15, -0.1) is 11.3 Å². The number of anilines is 1. The number of imidazole rings is 1. The van der Waals surface area contributed by atoms with Crippen molar-refractivity contribution in [3.05, 3.63) is 59.1 Å². The summed E-state index contributed by atoms with van der Waals surface area (Å²) in [4.78, 5) is 19.8. The number of rotatable bonds is 3. The number of nitrogens with one attached hydrogen (secondary N) is 1. The van der Waals surface area contributed by atoms with Crippen molar-refractivity contribution in [2.45, 2.75) is 6.18 Å². The first kappa shape index (κ1) is 15.2. The summed E-state index contributed by atoms with van der Waals surface area (Å²) in [5.74, 6) is -0.569. The predicted octanol–water partition coefficient (Wildman–Crippen LogP) is 3.60. The van der Waals surface area contributed by atoms with Crippen LogP contribution in [0.2, 0.25) is 0 Å². The minimum atomic E-state index is -4.51. The highest BCUT2D eigenvalue weighted by Crippen LogP contribution is 2.33. The van der Waals surface area contributed by atoms with Crippen LogP contribution in [0.15, 0.2) is 48.5 Å². The van der Waals surface area contributed by atoms with Crippen molar-refractivity contribution in [2.24, 2.45) is 0 Å². The van der Waals surface area contributed by atoms with Gasteiger partial charge in [0.15, 0.2) is 5.01 Å². The third kappa shape index (κ3) is 3.24. The fourth-order valence-corrected chi connectivity index (χ4v) is 2.48. The van der Waals surface area contributed by atoms with Crippen molar-refractivity contribution >= 4 is 22.9 Å². The third-order valence-corrected chi connectivity index (χ3v) is 3.75. The average Bonchev–Trinajstić information content (AvgIpc) is 3.20. The molecule has 0 aliphatic rings. The number of amides is 1. The van der Waals surface area contributed by atoms with Crippen LogP contribution in [0.3, 0.4) is 0 Å². The van der Waals surface area contributed by atoms with Crippen molar-refractivity contribution in [3.8, 4) is 5.69 Å². The number of hydrogen-bond donors (Lipinski definition) is 1. The summed E-state index contributed by atoms with van der Waals surface area (Å²) >= 11 is 1.10. The van der Waals surface area contributed by atoms with Gasteiger partial charge in [0, 0.05) is 24.0 Å². The summed E-state index contributed by atoms with van der Waals surface area (Å²) in [7, 11) is 0. The standard InChI is InChI=1S/C14H9F3N4OS/c15-14(16,17)9-1-2-11(21-5-3-18-8-21)10(7-9)20-12(22)13-19-4-6-23-13/h1-8H,(H,20,22). The first-order valence-corrected chi connectivity index (χ1v) is 7.23. The largest absolute Gasteiger partial charge is 0.416 e. The molecule has 0 fully saturated rings. The van der Waals surface area contributed by atoms with E-state index in [1.54, 1.807) is 11.6 Å². The molecule has 0 atom stereocenters. The van der Waals surface area contributed by atoms with Gasteiger partial charge in [0.05, 0.1) is 23.3 Å². The Morgan fingerprint density at radius 3 is 2.70 bits per heavy atom. The Balaban J connectivity index is 2.02. The number of carbonyl (C=O) groups is 1. The maximum Gasteiger partial charge on any atom is 0.416 e. The molecule has 1 aromatic carbocycles. The van der Waals surface area contributed by atoms with Crippen LogP contribution in [-0.4, -0.2) is 20.4 Å². The number of nitrogens with zero attached hydrogens (tertiary/aromatic N) is 3. The summed E-state index contributed by atoms with van der Waals surface area (Å²) < 4.78 is 40.2. The van der Waals surface area contributed by atoms with Crippen molar-refractivity contribution in [1.29, 1.82) is 0 Å². The van der Waals surface area contributed by atoms with E-state index in [4.69, 9.17) is 0 Å². The van der Waals surface area contributed by atoms with Crippen molar-refractivity contribution in [3.63, 3.8) is 0 Å². The summed E-state index contributed by atoms with van der Waals surface area (Å²) in [6, 6.07) is 3.12. The Hall–Kier alpha value is -2.68.